The van der Waals surface area contributed by atoms with Crippen LogP contribution in [-0.2, 0) is 0 Å². The summed E-state index contributed by atoms with van der Waals surface area (Å²) >= 11 is 1.61. The van der Waals surface area contributed by atoms with Crippen LogP contribution in [0.4, 0.5) is 0 Å². The quantitative estimate of drug-likeness (QED) is 0.564. The number of rotatable bonds is 4. The molecule has 0 spiro atoms. The van der Waals surface area contributed by atoms with Crippen molar-refractivity contribution in [3.63, 3.8) is 0 Å². The zero-order valence-electron chi connectivity index (χ0n) is 14.5. The van der Waals surface area contributed by atoms with Crippen LogP contribution in [0, 0.1) is 0 Å². The van der Waals surface area contributed by atoms with Gasteiger partial charge in [-0.05, 0) is 37.8 Å². The van der Waals surface area contributed by atoms with Crippen LogP contribution in [0.25, 0.3) is 0 Å². The maximum Gasteiger partial charge on any atom is 0.206 e. The Bertz CT molecular complexity index is 890. The molecule has 0 bridgehead atoms. The second kappa shape index (κ2) is 7.15. The Hall–Kier alpha value is -2.28. The lowest BCUT2D eigenvalue weighted by Crippen LogP contribution is -2.19. The standard InChI is InChI=1S/C19H23N3O3S/c23-16-9-8-13(17(24)18(16)25)10-20-22-15(12-6-7-12)11-26-19(22)21-14-4-2-1-3-5-14/h8-12,14,23-25H,1-7H2. The van der Waals surface area contributed by atoms with E-state index in [4.69, 9.17) is 4.99 Å². The molecule has 6 nitrogen and oxygen atoms in total. The number of thiazole rings is 1. The van der Waals surface area contributed by atoms with Gasteiger partial charge in [0.05, 0.1) is 18.0 Å². The average molecular weight is 373 g/mol. The van der Waals surface area contributed by atoms with Gasteiger partial charge in [-0.3, -0.25) is 4.99 Å². The SMILES string of the molecule is Oc1ccc(C=Nn2c(C3CC3)csc2=NC2CCCCC2)c(O)c1O. The van der Waals surface area contributed by atoms with Crippen molar-refractivity contribution < 1.29 is 15.3 Å². The fourth-order valence-corrected chi connectivity index (χ4v) is 4.33. The third kappa shape index (κ3) is 3.49. The lowest BCUT2D eigenvalue weighted by molar-refractivity contribution is 0.367. The van der Waals surface area contributed by atoms with Gasteiger partial charge < -0.3 is 15.3 Å². The molecule has 2 aromatic rings. The van der Waals surface area contributed by atoms with Crippen molar-refractivity contribution in [2.24, 2.45) is 10.1 Å². The molecule has 1 heterocycles. The number of hydrogen-bond acceptors (Lipinski definition) is 6. The largest absolute Gasteiger partial charge is 0.504 e. The first-order chi connectivity index (χ1) is 12.6. The molecule has 4 rings (SSSR count). The van der Waals surface area contributed by atoms with Crippen LogP contribution in [-0.4, -0.2) is 32.3 Å². The highest BCUT2D eigenvalue weighted by Gasteiger charge is 2.28. The van der Waals surface area contributed by atoms with E-state index >= 15 is 0 Å². The first-order valence-electron chi connectivity index (χ1n) is 9.16. The highest BCUT2D eigenvalue weighted by Crippen LogP contribution is 2.40. The minimum atomic E-state index is -0.529. The molecule has 0 aliphatic heterocycles. The third-order valence-corrected chi connectivity index (χ3v) is 5.90. The number of nitrogens with zero attached hydrogens (tertiary/aromatic N) is 3. The van der Waals surface area contributed by atoms with E-state index in [9.17, 15) is 15.3 Å². The highest BCUT2D eigenvalue weighted by molar-refractivity contribution is 7.07. The Morgan fingerprint density at radius 3 is 2.50 bits per heavy atom. The van der Waals surface area contributed by atoms with E-state index in [2.05, 4.69) is 10.5 Å². The molecule has 0 atom stereocenters. The number of aromatic hydroxyl groups is 3. The van der Waals surface area contributed by atoms with Gasteiger partial charge >= 0.3 is 0 Å². The molecule has 0 amide bonds. The van der Waals surface area contributed by atoms with Gasteiger partial charge in [-0.2, -0.15) is 5.10 Å². The summed E-state index contributed by atoms with van der Waals surface area (Å²) in [6, 6.07) is 3.22. The summed E-state index contributed by atoms with van der Waals surface area (Å²) in [5.74, 6) is -0.725. The van der Waals surface area contributed by atoms with Crippen molar-refractivity contribution in [1.82, 2.24) is 4.68 Å². The van der Waals surface area contributed by atoms with Crippen molar-refractivity contribution in [3.8, 4) is 17.2 Å². The topological polar surface area (TPSA) is 90.3 Å². The molecule has 2 fully saturated rings. The Balaban J connectivity index is 1.69. The average Bonchev–Trinajstić information content (AvgIpc) is 3.42. The van der Waals surface area contributed by atoms with Crippen LogP contribution in [0.15, 0.2) is 27.6 Å². The predicted molar refractivity (Wildman–Crippen MR) is 101 cm³/mol. The fraction of sp³-hybridized carbons (Fsp3) is 0.474. The molecule has 3 N–H and O–H groups in total. The summed E-state index contributed by atoms with van der Waals surface area (Å²) in [5, 5.41) is 35.8. The molecule has 2 saturated carbocycles. The Labute approximate surface area is 155 Å². The van der Waals surface area contributed by atoms with Crippen molar-refractivity contribution >= 4 is 17.6 Å². The molecule has 1 aromatic heterocycles. The van der Waals surface area contributed by atoms with Gasteiger partial charge in [0.15, 0.2) is 11.5 Å². The first kappa shape index (κ1) is 17.1. The molecule has 7 heteroatoms. The van der Waals surface area contributed by atoms with Gasteiger partial charge in [0.25, 0.3) is 0 Å². The number of benzene rings is 1. The van der Waals surface area contributed by atoms with E-state index in [0.717, 1.165) is 23.3 Å². The fourth-order valence-electron chi connectivity index (χ4n) is 3.35. The Morgan fingerprint density at radius 1 is 1.00 bits per heavy atom. The zero-order valence-corrected chi connectivity index (χ0v) is 15.3. The molecule has 0 saturated heterocycles. The summed E-state index contributed by atoms with van der Waals surface area (Å²) < 4.78 is 1.88. The van der Waals surface area contributed by atoms with Gasteiger partial charge in [-0.25, -0.2) is 4.68 Å². The molecular formula is C19H23N3O3S. The molecule has 26 heavy (non-hydrogen) atoms. The van der Waals surface area contributed by atoms with Crippen LogP contribution < -0.4 is 4.80 Å². The van der Waals surface area contributed by atoms with Crippen LogP contribution >= 0.6 is 11.3 Å². The van der Waals surface area contributed by atoms with E-state index < -0.39 is 5.75 Å². The highest BCUT2D eigenvalue weighted by atomic mass is 32.1. The normalized spacial score (nSPS) is 19.5. The first-order valence-corrected chi connectivity index (χ1v) is 10.0. The lowest BCUT2D eigenvalue weighted by atomic mass is 9.96. The van der Waals surface area contributed by atoms with Crippen LogP contribution in [0.3, 0.4) is 0 Å². The molecule has 1 aromatic carbocycles. The predicted octanol–water partition coefficient (Wildman–Crippen LogP) is 3.66. The van der Waals surface area contributed by atoms with E-state index in [1.165, 1.54) is 50.5 Å². The van der Waals surface area contributed by atoms with Crippen LogP contribution in [0.1, 0.15) is 62.1 Å². The van der Waals surface area contributed by atoms with E-state index in [-0.39, 0.29) is 11.5 Å². The molecule has 2 aliphatic carbocycles. The summed E-state index contributed by atoms with van der Waals surface area (Å²) in [5.41, 5.74) is 1.51. The third-order valence-electron chi connectivity index (χ3n) is 5.05. The zero-order chi connectivity index (χ0) is 18.1. The maximum absolute atomic E-state index is 10.00. The minimum Gasteiger partial charge on any atom is -0.504 e. The summed E-state index contributed by atoms with van der Waals surface area (Å²) in [6.07, 6.45) is 9.87. The monoisotopic (exact) mass is 373 g/mol. The van der Waals surface area contributed by atoms with Gasteiger partial charge in [0.2, 0.25) is 10.6 Å². The van der Waals surface area contributed by atoms with Gasteiger partial charge in [0.1, 0.15) is 0 Å². The maximum atomic E-state index is 10.00. The number of phenols is 3. The number of hydrogen-bond donors (Lipinski definition) is 3. The van der Waals surface area contributed by atoms with Crippen molar-refractivity contribution in [3.05, 3.63) is 33.6 Å². The van der Waals surface area contributed by atoms with Gasteiger partial charge in [-0.1, -0.05) is 19.3 Å². The molecule has 0 radical (unpaired) electrons. The Kier molecular flexibility index (Phi) is 4.72. The minimum absolute atomic E-state index is 0.351. The van der Waals surface area contributed by atoms with Crippen LogP contribution in [0.2, 0.25) is 0 Å². The Morgan fingerprint density at radius 2 is 1.77 bits per heavy atom. The molecular weight excluding hydrogens is 350 g/mol. The second-order valence-corrected chi connectivity index (χ2v) is 7.90. The number of phenolic OH excluding ortho intramolecular Hbond substituents is 3. The second-order valence-electron chi connectivity index (χ2n) is 7.07. The summed E-state index contributed by atoms with van der Waals surface area (Å²) in [4.78, 5) is 5.82. The lowest BCUT2D eigenvalue weighted by Gasteiger charge is -2.16. The molecule has 0 unspecified atom stereocenters. The van der Waals surface area contributed by atoms with Gasteiger partial charge in [0, 0.05) is 16.9 Å². The van der Waals surface area contributed by atoms with Crippen molar-refractivity contribution in [2.75, 3.05) is 0 Å². The van der Waals surface area contributed by atoms with Crippen LogP contribution in [0.5, 0.6) is 17.2 Å². The van der Waals surface area contributed by atoms with Crippen molar-refractivity contribution in [2.45, 2.75) is 56.9 Å². The van der Waals surface area contributed by atoms with E-state index in [0.29, 0.717) is 17.5 Å². The smallest absolute Gasteiger partial charge is 0.206 e. The molecule has 138 valence electrons. The van der Waals surface area contributed by atoms with E-state index in [1.807, 2.05) is 4.68 Å². The van der Waals surface area contributed by atoms with Gasteiger partial charge in [-0.15, -0.1) is 11.3 Å². The summed E-state index contributed by atoms with van der Waals surface area (Å²) in [7, 11) is 0. The van der Waals surface area contributed by atoms with E-state index in [1.54, 1.807) is 11.3 Å². The molecule has 2 aliphatic rings. The van der Waals surface area contributed by atoms with Crippen molar-refractivity contribution in [1.29, 1.82) is 0 Å². The number of aromatic nitrogens is 1. The summed E-state index contributed by atoms with van der Waals surface area (Å²) in [6.45, 7) is 0.